The number of likely N-dealkylation sites (tertiary alicyclic amines) is 1. The summed E-state index contributed by atoms with van der Waals surface area (Å²) in [6.07, 6.45) is -7.99. The number of amides is 2. The summed E-state index contributed by atoms with van der Waals surface area (Å²) in [5.74, 6) is -2.78. The summed E-state index contributed by atoms with van der Waals surface area (Å²) in [4.78, 5) is 45.5. The van der Waals surface area contributed by atoms with E-state index < -0.39 is 70.4 Å². The van der Waals surface area contributed by atoms with Gasteiger partial charge in [-0.05, 0) is 43.1 Å². The van der Waals surface area contributed by atoms with Crippen LogP contribution in [0.2, 0.25) is 0 Å². The molecule has 0 aliphatic carbocycles. The number of rotatable bonds is 5. The molecule has 2 fully saturated rings. The van der Waals surface area contributed by atoms with E-state index in [2.05, 4.69) is 15.6 Å². The molecule has 2 saturated heterocycles. The van der Waals surface area contributed by atoms with Crippen molar-refractivity contribution >= 4 is 23.8 Å². The molecule has 4 N–H and O–H groups in total. The minimum absolute atomic E-state index is 0.0100. The van der Waals surface area contributed by atoms with Gasteiger partial charge in [-0.15, -0.1) is 0 Å². The van der Waals surface area contributed by atoms with Crippen LogP contribution in [0.15, 0.2) is 24.3 Å². The first-order valence-electron chi connectivity index (χ1n) is 14.7. The number of carboxylic acid groups (broad SMARTS) is 2. The van der Waals surface area contributed by atoms with Crippen LogP contribution in [0.5, 0.6) is 0 Å². The molecule has 246 valence electrons. The molecule has 5 rings (SSSR count). The van der Waals surface area contributed by atoms with E-state index in [1.165, 1.54) is 24.0 Å². The molecule has 3 atom stereocenters. The van der Waals surface area contributed by atoms with Crippen LogP contribution in [0.4, 0.5) is 33.0 Å². The number of anilines is 1. The van der Waals surface area contributed by atoms with E-state index in [4.69, 9.17) is 0 Å². The molecule has 3 aliphatic rings. The quantitative estimate of drug-likeness (QED) is 0.353. The second-order valence-corrected chi connectivity index (χ2v) is 12.1. The second-order valence-electron chi connectivity index (χ2n) is 12.1. The number of hydrogen-bond donors (Lipinski definition) is 4. The Labute approximate surface area is 261 Å². The number of nitrogens with one attached hydrogen (secondary N) is 2. The van der Waals surface area contributed by atoms with Gasteiger partial charge < -0.3 is 20.4 Å². The molecule has 1 aromatic carbocycles. The number of hydrogen-bond acceptors (Lipinski definition) is 8. The number of nitrogens with zero attached hydrogens (tertiary/aromatic N) is 5. The Morgan fingerprint density at radius 1 is 1.20 bits per heavy atom. The number of aromatic nitrogens is 1. The molecule has 1 spiro atoms. The first kappa shape index (κ1) is 32.9. The molecule has 2 aromatic rings. The largest absolute Gasteiger partial charge is 0.465 e. The van der Waals surface area contributed by atoms with Crippen molar-refractivity contribution in [2.75, 3.05) is 51.1 Å². The number of halogens is 4. The van der Waals surface area contributed by atoms with E-state index in [9.17, 15) is 43.0 Å². The summed E-state index contributed by atoms with van der Waals surface area (Å²) in [5.41, 5.74) is -2.07. The number of piperazine rings is 1. The number of benzene rings is 1. The standard InChI is InChI=1S/C30H33F4N7O5/c1-16-10-21(30(32,33)34)20(11-35)25(37-16)38-26-24(42)17(2)19-4-3-5-22(31)23(19)18(12-36-26)6-7-39-8-9-41(28(45)46)29(13-39)14-40(15-29)27(43)44/h3-5,10,17-18,26,36H,6-9,12-15H2,1-2H3,(H,37,38)(H,43,44)(H,45,46)/t17-,18+,26-/m0/s1. The molecule has 4 heterocycles. The van der Waals surface area contributed by atoms with Gasteiger partial charge in [0, 0.05) is 43.7 Å². The summed E-state index contributed by atoms with van der Waals surface area (Å²) in [5, 5.41) is 34.4. The lowest BCUT2D eigenvalue weighted by Gasteiger charge is -2.58. The third-order valence-corrected chi connectivity index (χ3v) is 9.08. The summed E-state index contributed by atoms with van der Waals surface area (Å²) in [7, 11) is 0. The Kier molecular flexibility index (Phi) is 8.84. The van der Waals surface area contributed by atoms with Crippen LogP contribution in [-0.2, 0) is 11.0 Å². The lowest BCUT2D eigenvalue weighted by atomic mass is 9.81. The SMILES string of the molecule is Cc1cc(C(F)(F)F)c(C#N)c(N[C@@H]2NC[C@@H](CCN3CCN(C(=O)O)C4(C3)CN(C(=O)O)C4)c3c(F)cccc3[C@H](C)C2=O)n1. The highest BCUT2D eigenvalue weighted by molar-refractivity contribution is 5.92. The van der Waals surface area contributed by atoms with Gasteiger partial charge in [-0.1, -0.05) is 19.1 Å². The number of carbonyl (C=O) groups is 3. The van der Waals surface area contributed by atoms with E-state index >= 15 is 4.39 Å². The number of fused-ring (bicyclic) bond motifs is 1. The Balaban J connectivity index is 1.39. The molecule has 0 bridgehead atoms. The monoisotopic (exact) mass is 647 g/mol. The van der Waals surface area contributed by atoms with Gasteiger partial charge in [0.2, 0.25) is 0 Å². The minimum atomic E-state index is -4.83. The maximum atomic E-state index is 15.4. The molecule has 46 heavy (non-hydrogen) atoms. The number of alkyl halides is 3. The zero-order valence-corrected chi connectivity index (χ0v) is 25.1. The Morgan fingerprint density at radius 2 is 1.91 bits per heavy atom. The topological polar surface area (TPSA) is 162 Å². The van der Waals surface area contributed by atoms with Crippen LogP contribution in [0.25, 0.3) is 0 Å². The Hall–Kier alpha value is -4.49. The second kappa shape index (κ2) is 12.4. The van der Waals surface area contributed by atoms with Crippen LogP contribution < -0.4 is 10.6 Å². The third-order valence-electron chi connectivity index (χ3n) is 9.08. The van der Waals surface area contributed by atoms with Crippen molar-refractivity contribution in [3.05, 3.63) is 58.0 Å². The normalized spacial score (nSPS) is 23.2. The zero-order valence-electron chi connectivity index (χ0n) is 25.1. The number of Topliss-reactive ketones (excluding diaryl/α,β-unsaturated/α-hetero) is 1. The van der Waals surface area contributed by atoms with Crippen LogP contribution >= 0.6 is 0 Å². The lowest BCUT2D eigenvalue weighted by Crippen LogP contribution is -2.78. The van der Waals surface area contributed by atoms with E-state index in [1.54, 1.807) is 19.1 Å². The molecule has 0 unspecified atom stereocenters. The zero-order chi connectivity index (χ0) is 33.6. The fraction of sp³-hybridized carbons (Fsp3) is 0.500. The van der Waals surface area contributed by atoms with E-state index in [1.807, 2.05) is 4.90 Å². The number of aryl methyl sites for hydroxylation is 1. The number of carbonyl (C=O) groups excluding carboxylic acids is 1. The van der Waals surface area contributed by atoms with Crippen molar-refractivity contribution in [2.45, 2.75) is 50.0 Å². The maximum absolute atomic E-state index is 15.4. The van der Waals surface area contributed by atoms with E-state index in [0.29, 0.717) is 30.6 Å². The lowest BCUT2D eigenvalue weighted by molar-refractivity contribution is -0.137. The van der Waals surface area contributed by atoms with Crippen molar-refractivity contribution in [3.8, 4) is 6.07 Å². The molecule has 3 aliphatic heterocycles. The van der Waals surface area contributed by atoms with Gasteiger partial charge in [0.15, 0.2) is 5.78 Å². The number of ketones is 1. The molecule has 2 amide bonds. The van der Waals surface area contributed by atoms with Gasteiger partial charge in [-0.3, -0.25) is 19.9 Å². The average Bonchev–Trinajstić information content (AvgIpc) is 2.97. The maximum Gasteiger partial charge on any atom is 0.417 e. The summed E-state index contributed by atoms with van der Waals surface area (Å²) in [6.45, 7) is 4.25. The van der Waals surface area contributed by atoms with Crippen molar-refractivity contribution in [3.63, 3.8) is 0 Å². The molecule has 0 saturated carbocycles. The molecule has 16 heteroatoms. The Morgan fingerprint density at radius 3 is 2.54 bits per heavy atom. The van der Waals surface area contributed by atoms with Gasteiger partial charge >= 0.3 is 18.4 Å². The molecule has 0 radical (unpaired) electrons. The highest BCUT2D eigenvalue weighted by Crippen LogP contribution is 2.38. The van der Waals surface area contributed by atoms with Gasteiger partial charge in [0.05, 0.1) is 24.2 Å². The predicted octanol–water partition coefficient (Wildman–Crippen LogP) is 3.64. The van der Waals surface area contributed by atoms with Gasteiger partial charge in [0.1, 0.15) is 29.4 Å². The van der Waals surface area contributed by atoms with Crippen molar-refractivity contribution in [1.29, 1.82) is 5.26 Å². The van der Waals surface area contributed by atoms with Crippen LogP contribution in [-0.4, -0.2) is 105 Å². The predicted molar refractivity (Wildman–Crippen MR) is 155 cm³/mol. The highest BCUT2D eigenvalue weighted by atomic mass is 19.4. The van der Waals surface area contributed by atoms with Crippen LogP contribution in [0.1, 0.15) is 53.1 Å². The van der Waals surface area contributed by atoms with Gasteiger partial charge in [0.25, 0.3) is 0 Å². The van der Waals surface area contributed by atoms with Crippen molar-refractivity contribution < 1.29 is 42.2 Å². The summed E-state index contributed by atoms with van der Waals surface area (Å²) >= 11 is 0. The number of pyridine rings is 1. The van der Waals surface area contributed by atoms with Crippen molar-refractivity contribution in [2.24, 2.45) is 0 Å². The summed E-state index contributed by atoms with van der Waals surface area (Å²) < 4.78 is 56.6. The van der Waals surface area contributed by atoms with Gasteiger partial charge in [-0.25, -0.2) is 19.0 Å². The van der Waals surface area contributed by atoms with E-state index in [0.717, 1.165) is 11.0 Å². The average molecular weight is 648 g/mol. The van der Waals surface area contributed by atoms with Crippen molar-refractivity contribution in [1.82, 2.24) is 25.0 Å². The molecular weight excluding hydrogens is 614 g/mol. The molecule has 12 nitrogen and oxygen atoms in total. The smallest absolute Gasteiger partial charge is 0.417 e. The fourth-order valence-electron chi connectivity index (χ4n) is 6.80. The van der Waals surface area contributed by atoms with Crippen LogP contribution in [0, 0.1) is 24.1 Å². The van der Waals surface area contributed by atoms with E-state index in [-0.39, 0.29) is 38.4 Å². The number of nitriles is 1. The summed E-state index contributed by atoms with van der Waals surface area (Å²) in [6, 6.07) is 6.73. The van der Waals surface area contributed by atoms with Gasteiger partial charge in [-0.2, -0.15) is 18.4 Å². The highest BCUT2D eigenvalue weighted by Gasteiger charge is 2.54. The first-order valence-corrected chi connectivity index (χ1v) is 14.7. The Bertz CT molecular complexity index is 1590. The fourth-order valence-corrected chi connectivity index (χ4v) is 6.80. The molecule has 1 aromatic heterocycles. The first-order chi connectivity index (χ1) is 21.6. The van der Waals surface area contributed by atoms with Crippen LogP contribution in [0.3, 0.4) is 0 Å². The minimum Gasteiger partial charge on any atom is -0.465 e. The molecular formula is C30H33F4N7O5. The third kappa shape index (κ3) is 6.16.